The Morgan fingerprint density at radius 3 is 2.74 bits per heavy atom. The standard InChI is InChI=1S/C23H33FN4O3/c1-5-9-16(2)27(3)23(29)30-15-20-22(25-26-28(20)4)17-12-13-21(19(24)14-17)31-18-10-7-6-8-11-18/h12-14,16,18H,5-11,15H2,1-4H3. The van der Waals surface area contributed by atoms with Gasteiger partial charge in [0.25, 0.3) is 0 Å². The largest absolute Gasteiger partial charge is 0.487 e. The molecule has 1 atom stereocenters. The van der Waals surface area contributed by atoms with Gasteiger partial charge in [0, 0.05) is 25.7 Å². The van der Waals surface area contributed by atoms with Crippen LogP contribution in [0.4, 0.5) is 9.18 Å². The minimum Gasteiger partial charge on any atom is -0.487 e. The molecule has 0 N–H and O–H groups in total. The molecule has 1 amide bonds. The molecule has 8 heteroatoms. The predicted octanol–water partition coefficient (Wildman–Crippen LogP) is 5.09. The van der Waals surface area contributed by atoms with Gasteiger partial charge < -0.3 is 14.4 Å². The van der Waals surface area contributed by atoms with Crippen LogP contribution in [-0.4, -0.2) is 45.2 Å². The van der Waals surface area contributed by atoms with Crippen molar-refractivity contribution in [1.82, 2.24) is 19.9 Å². The Morgan fingerprint density at radius 1 is 1.32 bits per heavy atom. The summed E-state index contributed by atoms with van der Waals surface area (Å²) in [7, 11) is 3.45. The van der Waals surface area contributed by atoms with Gasteiger partial charge in [-0.3, -0.25) is 0 Å². The fourth-order valence-corrected chi connectivity index (χ4v) is 3.89. The average Bonchev–Trinajstić information content (AvgIpc) is 3.14. The molecule has 0 saturated heterocycles. The number of rotatable bonds is 8. The Balaban J connectivity index is 1.70. The molecule has 1 heterocycles. The summed E-state index contributed by atoms with van der Waals surface area (Å²) in [6.45, 7) is 4.07. The highest BCUT2D eigenvalue weighted by atomic mass is 19.1. The molecule has 0 radical (unpaired) electrons. The number of benzene rings is 1. The van der Waals surface area contributed by atoms with Crippen molar-refractivity contribution in [3.63, 3.8) is 0 Å². The van der Waals surface area contributed by atoms with E-state index in [4.69, 9.17) is 9.47 Å². The molecule has 0 bridgehead atoms. The van der Waals surface area contributed by atoms with Crippen molar-refractivity contribution in [2.24, 2.45) is 7.05 Å². The molecule has 1 aromatic carbocycles. The van der Waals surface area contributed by atoms with Crippen molar-refractivity contribution in [2.45, 2.75) is 77.5 Å². The highest BCUT2D eigenvalue weighted by Crippen LogP contribution is 2.30. The quantitative estimate of drug-likeness (QED) is 0.581. The number of ether oxygens (including phenoxy) is 2. The van der Waals surface area contributed by atoms with Gasteiger partial charge in [-0.2, -0.15) is 0 Å². The third-order valence-corrected chi connectivity index (χ3v) is 5.98. The van der Waals surface area contributed by atoms with Crippen LogP contribution in [0, 0.1) is 5.82 Å². The van der Waals surface area contributed by atoms with E-state index in [0.29, 0.717) is 17.0 Å². The average molecular weight is 433 g/mol. The van der Waals surface area contributed by atoms with Crippen molar-refractivity contribution >= 4 is 6.09 Å². The molecular formula is C23H33FN4O3. The lowest BCUT2D eigenvalue weighted by molar-refractivity contribution is 0.0902. The second-order valence-corrected chi connectivity index (χ2v) is 8.33. The molecule has 31 heavy (non-hydrogen) atoms. The fraction of sp³-hybridized carbons (Fsp3) is 0.609. The second-order valence-electron chi connectivity index (χ2n) is 8.33. The summed E-state index contributed by atoms with van der Waals surface area (Å²) in [5.41, 5.74) is 1.66. The van der Waals surface area contributed by atoms with Crippen LogP contribution in [-0.2, 0) is 18.4 Å². The second kappa shape index (κ2) is 10.6. The molecule has 3 rings (SSSR count). The van der Waals surface area contributed by atoms with E-state index >= 15 is 0 Å². The van der Waals surface area contributed by atoms with Crippen LogP contribution in [0.5, 0.6) is 5.75 Å². The third kappa shape index (κ3) is 5.74. The topological polar surface area (TPSA) is 69.5 Å². The van der Waals surface area contributed by atoms with Gasteiger partial charge in [-0.1, -0.05) is 25.0 Å². The van der Waals surface area contributed by atoms with E-state index in [1.165, 1.54) is 12.5 Å². The zero-order valence-electron chi connectivity index (χ0n) is 18.9. The Bertz CT molecular complexity index is 880. The van der Waals surface area contributed by atoms with E-state index < -0.39 is 11.9 Å². The van der Waals surface area contributed by atoms with Gasteiger partial charge >= 0.3 is 6.09 Å². The zero-order chi connectivity index (χ0) is 22.4. The fourth-order valence-electron chi connectivity index (χ4n) is 3.89. The van der Waals surface area contributed by atoms with E-state index in [9.17, 15) is 9.18 Å². The van der Waals surface area contributed by atoms with E-state index in [-0.39, 0.29) is 24.5 Å². The third-order valence-electron chi connectivity index (χ3n) is 5.98. The monoisotopic (exact) mass is 432 g/mol. The van der Waals surface area contributed by atoms with Gasteiger partial charge in [-0.25, -0.2) is 13.9 Å². The number of aromatic nitrogens is 3. The van der Waals surface area contributed by atoms with Crippen LogP contribution >= 0.6 is 0 Å². The number of carbonyl (C=O) groups is 1. The van der Waals surface area contributed by atoms with Crippen LogP contribution < -0.4 is 4.74 Å². The maximum absolute atomic E-state index is 14.7. The van der Waals surface area contributed by atoms with Crippen LogP contribution in [0.25, 0.3) is 11.3 Å². The number of hydrogen-bond acceptors (Lipinski definition) is 5. The minimum absolute atomic E-state index is 0.00277. The summed E-state index contributed by atoms with van der Waals surface area (Å²) < 4.78 is 27.6. The first kappa shape index (κ1) is 23.0. The van der Waals surface area contributed by atoms with Gasteiger partial charge in [0.1, 0.15) is 18.0 Å². The van der Waals surface area contributed by atoms with Gasteiger partial charge in [0.15, 0.2) is 11.6 Å². The normalized spacial score (nSPS) is 15.5. The summed E-state index contributed by atoms with van der Waals surface area (Å²) >= 11 is 0. The van der Waals surface area contributed by atoms with Crippen molar-refractivity contribution in [3.8, 4) is 17.0 Å². The van der Waals surface area contributed by atoms with E-state index in [1.54, 1.807) is 35.8 Å². The maximum atomic E-state index is 14.7. The maximum Gasteiger partial charge on any atom is 0.410 e. The minimum atomic E-state index is -0.426. The van der Waals surface area contributed by atoms with Gasteiger partial charge in [-0.05, 0) is 57.2 Å². The van der Waals surface area contributed by atoms with Crippen LogP contribution in [0.3, 0.4) is 0 Å². The summed E-state index contributed by atoms with van der Waals surface area (Å²) in [6.07, 6.45) is 6.95. The number of carbonyl (C=O) groups excluding carboxylic acids is 1. The smallest absolute Gasteiger partial charge is 0.410 e. The first-order chi connectivity index (χ1) is 14.9. The van der Waals surface area contributed by atoms with Gasteiger partial charge in [0.2, 0.25) is 0 Å². The van der Waals surface area contributed by atoms with Gasteiger partial charge in [-0.15, -0.1) is 5.10 Å². The highest BCUT2D eigenvalue weighted by Gasteiger charge is 2.21. The lowest BCUT2D eigenvalue weighted by atomic mass is 9.98. The van der Waals surface area contributed by atoms with Gasteiger partial charge in [0.05, 0.1) is 6.10 Å². The number of nitrogens with zero attached hydrogens (tertiary/aromatic N) is 4. The molecule has 170 valence electrons. The van der Waals surface area contributed by atoms with E-state index in [1.807, 2.05) is 6.92 Å². The summed E-state index contributed by atoms with van der Waals surface area (Å²) in [5.74, 6) is -0.163. The Hall–Kier alpha value is -2.64. The number of halogens is 1. The van der Waals surface area contributed by atoms with Crippen LogP contribution in [0.15, 0.2) is 18.2 Å². The zero-order valence-corrected chi connectivity index (χ0v) is 18.9. The first-order valence-electron chi connectivity index (χ1n) is 11.1. The molecule has 7 nitrogen and oxygen atoms in total. The molecule has 1 aliphatic rings. The number of hydrogen-bond donors (Lipinski definition) is 0. The predicted molar refractivity (Wildman–Crippen MR) is 116 cm³/mol. The molecule has 1 aromatic heterocycles. The Labute approximate surface area is 183 Å². The van der Waals surface area contributed by atoms with Crippen molar-refractivity contribution < 1.29 is 18.7 Å². The van der Waals surface area contributed by atoms with Crippen molar-refractivity contribution in [1.29, 1.82) is 0 Å². The molecule has 0 aliphatic heterocycles. The summed E-state index contributed by atoms with van der Waals surface area (Å²) in [5, 5.41) is 8.19. The summed E-state index contributed by atoms with van der Waals surface area (Å²) in [4.78, 5) is 14.0. The van der Waals surface area contributed by atoms with Crippen molar-refractivity contribution in [2.75, 3.05) is 7.05 Å². The van der Waals surface area contributed by atoms with Crippen LogP contribution in [0.2, 0.25) is 0 Å². The van der Waals surface area contributed by atoms with E-state index in [0.717, 1.165) is 38.5 Å². The van der Waals surface area contributed by atoms with E-state index in [2.05, 4.69) is 17.2 Å². The SMILES string of the molecule is CCCC(C)N(C)C(=O)OCc1c(-c2ccc(OC3CCCCC3)c(F)c2)nnn1C. The van der Waals surface area contributed by atoms with Crippen molar-refractivity contribution in [3.05, 3.63) is 29.7 Å². The molecule has 1 fully saturated rings. The van der Waals surface area contributed by atoms with Crippen LogP contribution in [0.1, 0.15) is 64.5 Å². The molecule has 0 spiro atoms. The molecular weight excluding hydrogens is 399 g/mol. The molecule has 1 saturated carbocycles. The Morgan fingerprint density at radius 2 is 2.06 bits per heavy atom. The highest BCUT2D eigenvalue weighted by molar-refractivity contribution is 5.68. The number of aryl methyl sites for hydroxylation is 1. The first-order valence-corrected chi connectivity index (χ1v) is 11.1. The lowest BCUT2D eigenvalue weighted by Crippen LogP contribution is -2.35. The Kier molecular flexibility index (Phi) is 7.87. The molecule has 1 aliphatic carbocycles. The lowest BCUT2D eigenvalue weighted by Gasteiger charge is -2.24. The molecule has 2 aromatic rings. The molecule has 1 unspecified atom stereocenters. The number of amides is 1. The summed E-state index contributed by atoms with van der Waals surface area (Å²) in [6, 6.07) is 4.91.